The van der Waals surface area contributed by atoms with Crippen molar-refractivity contribution in [1.29, 1.82) is 0 Å². The summed E-state index contributed by atoms with van der Waals surface area (Å²) in [5.41, 5.74) is 2.65. The van der Waals surface area contributed by atoms with Gasteiger partial charge in [0.1, 0.15) is 5.69 Å². The van der Waals surface area contributed by atoms with Crippen LogP contribution >= 0.6 is 0 Å². The van der Waals surface area contributed by atoms with Gasteiger partial charge in [-0.1, -0.05) is 30.3 Å². The summed E-state index contributed by atoms with van der Waals surface area (Å²) in [7, 11) is 2.08. The highest BCUT2D eigenvalue weighted by Crippen LogP contribution is 2.11. The molecule has 1 aliphatic rings. The number of rotatable bonds is 4. The van der Waals surface area contributed by atoms with Gasteiger partial charge in [-0.15, -0.1) is 0 Å². The fourth-order valence-corrected chi connectivity index (χ4v) is 2.60. The number of nitrogens with zero attached hydrogens (tertiary/aromatic N) is 3. The zero-order valence-electron chi connectivity index (χ0n) is 13.4. The van der Waals surface area contributed by atoms with Crippen LogP contribution in [0.3, 0.4) is 0 Å². The summed E-state index contributed by atoms with van der Waals surface area (Å²) in [5, 5.41) is 3.32. The van der Waals surface area contributed by atoms with Gasteiger partial charge in [-0.05, 0) is 24.7 Å². The monoisotopic (exact) mass is 310 g/mol. The molecular formula is C18H22N4O. The van der Waals surface area contributed by atoms with Gasteiger partial charge in [0.05, 0.1) is 11.9 Å². The van der Waals surface area contributed by atoms with Crippen LogP contribution in [-0.4, -0.2) is 53.9 Å². The number of likely N-dealkylation sites (N-methyl/N-ethyl adjacent to an activating group) is 1. The fourth-order valence-electron chi connectivity index (χ4n) is 2.60. The van der Waals surface area contributed by atoms with Gasteiger partial charge in [-0.25, -0.2) is 4.98 Å². The number of hydrogen-bond donors (Lipinski definition) is 1. The lowest BCUT2D eigenvalue weighted by Gasteiger charge is -2.32. The molecule has 0 spiro atoms. The van der Waals surface area contributed by atoms with Crippen LogP contribution < -0.4 is 5.32 Å². The molecule has 23 heavy (non-hydrogen) atoms. The third-order valence-electron chi connectivity index (χ3n) is 4.11. The van der Waals surface area contributed by atoms with E-state index < -0.39 is 0 Å². The van der Waals surface area contributed by atoms with Gasteiger partial charge in [-0.3, -0.25) is 4.79 Å². The first-order valence-electron chi connectivity index (χ1n) is 7.94. The maximum absolute atomic E-state index is 12.4. The number of piperazine rings is 1. The Morgan fingerprint density at radius 2 is 1.83 bits per heavy atom. The van der Waals surface area contributed by atoms with Gasteiger partial charge < -0.3 is 15.1 Å². The summed E-state index contributed by atoms with van der Waals surface area (Å²) in [5.74, 6) is 0.0210. The molecule has 5 heteroatoms. The van der Waals surface area contributed by atoms with Gasteiger partial charge >= 0.3 is 0 Å². The van der Waals surface area contributed by atoms with E-state index in [1.54, 1.807) is 12.3 Å². The summed E-state index contributed by atoms with van der Waals surface area (Å²) in [6.07, 6.45) is 1.73. The van der Waals surface area contributed by atoms with E-state index in [1.165, 1.54) is 5.56 Å². The number of hydrogen-bond acceptors (Lipinski definition) is 4. The van der Waals surface area contributed by atoms with Crippen LogP contribution in [0, 0.1) is 0 Å². The lowest BCUT2D eigenvalue weighted by atomic mass is 10.2. The normalized spacial score (nSPS) is 15.4. The quantitative estimate of drug-likeness (QED) is 0.939. The molecule has 1 N–H and O–H groups in total. The molecule has 2 aromatic rings. The number of carbonyl (C=O) groups excluding carboxylic acids is 1. The van der Waals surface area contributed by atoms with E-state index in [2.05, 4.69) is 34.4 Å². The van der Waals surface area contributed by atoms with E-state index in [0.717, 1.165) is 38.4 Å². The fraction of sp³-hybridized carbons (Fsp3) is 0.333. The van der Waals surface area contributed by atoms with Gasteiger partial charge in [0, 0.05) is 32.7 Å². The van der Waals surface area contributed by atoms with E-state index in [4.69, 9.17) is 0 Å². The van der Waals surface area contributed by atoms with Crippen molar-refractivity contribution in [3.63, 3.8) is 0 Å². The first-order valence-corrected chi connectivity index (χ1v) is 7.94. The van der Waals surface area contributed by atoms with E-state index in [0.29, 0.717) is 5.69 Å². The van der Waals surface area contributed by atoms with Crippen LogP contribution in [0.4, 0.5) is 5.69 Å². The number of pyridine rings is 1. The van der Waals surface area contributed by atoms with E-state index in [9.17, 15) is 4.79 Å². The molecule has 0 radical (unpaired) electrons. The third-order valence-corrected chi connectivity index (χ3v) is 4.11. The largest absolute Gasteiger partial charge is 0.380 e. The molecule has 1 saturated heterocycles. The zero-order chi connectivity index (χ0) is 16.1. The number of benzene rings is 1. The molecule has 1 fully saturated rings. The van der Waals surface area contributed by atoms with E-state index in [1.807, 2.05) is 29.2 Å². The number of amides is 1. The Balaban J connectivity index is 1.57. The molecular weight excluding hydrogens is 288 g/mol. The van der Waals surface area contributed by atoms with Crippen LogP contribution in [0.25, 0.3) is 0 Å². The van der Waals surface area contributed by atoms with Crippen molar-refractivity contribution in [3.8, 4) is 0 Å². The van der Waals surface area contributed by atoms with E-state index >= 15 is 0 Å². The number of anilines is 1. The second-order valence-electron chi connectivity index (χ2n) is 5.87. The molecule has 1 aromatic heterocycles. The summed E-state index contributed by atoms with van der Waals surface area (Å²) in [6, 6.07) is 13.9. The molecule has 1 aromatic carbocycles. The van der Waals surface area contributed by atoms with Crippen molar-refractivity contribution in [1.82, 2.24) is 14.8 Å². The number of aromatic nitrogens is 1. The van der Waals surface area contributed by atoms with Crippen LogP contribution in [0.1, 0.15) is 16.1 Å². The third kappa shape index (κ3) is 4.07. The average Bonchev–Trinajstić information content (AvgIpc) is 2.61. The van der Waals surface area contributed by atoms with E-state index in [-0.39, 0.29) is 5.91 Å². The summed E-state index contributed by atoms with van der Waals surface area (Å²) in [6.45, 7) is 4.12. The van der Waals surface area contributed by atoms with Gasteiger partial charge in [0.25, 0.3) is 5.91 Å². The first kappa shape index (κ1) is 15.5. The zero-order valence-corrected chi connectivity index (χ0v) is 13.4. The predicted molar refractivity (Wildman–Crippen MR) is 91.4 cm³/mol. The van der Waals surface area contributed by atoms with Crippen LogP contribution in [0.15, 0.2) is 48.7 Å². The van der Waals surface area contributed by atoms with Gasteiger partial charge in [0.15, 0.2) is 0 Å². The van der Waals surface area contributed by atoms with Crippen molar-refractivity contribution in [2.75, 3.05) is 38.5 Å². The minimum Gasteiger partial charge on any atom is -0.380 e. The molecule has 0 aliphatic carbocycles. The molecule has 1 aliphatic heterocycles. The van der Waals surface area contributed by atoms with Crippen molar-refractivity contribution < 1.29 is 4.79 Å². The molecule has 120 valence electrons. The Kier molecular flexibility index (Phi) is 4.88. The second-order valence-corrected chi connectivity index (χ2v) is 5.87. The summed E-state index contributed by atoms with van der Waals surface area (Å²) >= 11 is 0. The maximum Gasteiger partial charge on any atom is 0.272 e. The number of nitrogens with one attached hydrogen (secondary N) is 1. The molecule has 0 unspecified atom stereocenters. The average molecular weight is 310 g/mol. The smallest absolute Gasteiger partial charge is 0.272 e. The van der Waals surface area contributed by atoms with Crippen molar-refractivity contribution in [3.05, 3.63) is 59.9 Å². The maximum atomic E-state index is 12.4. The lowest BCUT2D eigenvalue weighted by Crippen LogP contribution is -2.47. The molecule has 0 saturated carbocycles. The molecule has 3 rings (SSSR count). The lowest BCUT2D eigenvalue weighted by molar-refractivity contribution is 0.0658. The SMILES string of the molecule is CN1CCN(C(=O)c2ccc(NCc3ccccc3)cn2)CC1. The summed E-state index contributed by atoms with van der Waals surface area (Å²) < 4.78 is 0. The summed E-state index contributed by atoms with van der Waals surface area (Å²) in [4.78, 5) is 20.8. The van der Waals surface area contributed by atoms with Gasteiger partial charge in [-0.2, -0.15) is 0 Å². The molecule has 1 amide bonds. The van der Waals surface area contributed by atoms with Crippen molar-refractivity contribution in [2.45, 2.75) is 6.54 Å². The predicted octanol–water partition coefficient (Wildman–Crippen LogP) is 2.08. The van der Waals surface area contributed by atoms with Crippen molar-refractivity contribution >= 4 is 11.6 Å². The van der Waals surface area contributed by atoms with Crippen LogP contribution in [-0.2, 0) is 6.54 Å². The molecule has 0 bridgehead atoms. The first-order chi connectivity index (χ1) is 11.2. The minimum absolute atomic E-state index is 0.0210. The topological polar surface area (TPSA) is 48.5 Å². The van der Waals surface area contributed by atoms with Crippen LogP contribution in [0.2, 0.25) is 0 Å². The Bertz CT molecular complexity index is 634. The second kappa shape index (κ2) is 7.24. The Hall–Kier alpha value is -2.40. The Morgan fingerprint density at radius 1 is 1.09 bits per heavy atom. The van der Waals surface area contributed by atoms with Crippen LogP contribution in [0.5, 0.6) is 0 Å². The Morgan fingerprint density at radius 3 is 2.48 bits per heavy atom. The Labute approximate surface area is 136 Å². The van der Waals surface area contributed by atoms with Gasteiger partial charge in [0.2, 0.25) is 0 Å². The molecule has 5 nitrogen and oxygen atoms in total. The van der Waals surface area contributed by atoms with Crippen molar-refractivity contribution in [2.24, 2.45) is 0 Å². The minimum atomic E-state index is 0.0210. The highest BCUT2D eigenvalue weighted by atomic mass is 16.2. The molecule has 2 heterocycles. The number of carbonyl (C=O) groups is 1. The molecule has 0 atom stereocenters. The highest BCUT2D eigenvalue weighted by molar-refractivity contribution is 5.92. The highest BCUT2D eigenvalue weighted by Gasteiger charge is 2.20. The standard InChI is InChI=1S/C18H22N4O/c1-21-9-11-22(12-10-21)18(23)17-8-7-16(14-20-17)19-13-15-5-3-2-4-6-15/h2-8,14,19H,9-13H2,1H3.